The molecular weight excluding hydrogens is 340 g/mol. The summed E-state index contributed by atoms with van der Waals surface area (Å²) in [5.74, 6) is 0.551. The highest BCUT2D eigenvalue weighted by atomic mass is 79.9. The fourth-order valence-corrected chi connectivity index (χ4v) is 5.10. The number of benzene rings is 1. The lowest BCUT2D eigenvalue weighted by Gasteiger charge is -2.23. The molecule has 0 saturated heterocycles. The van der Waals surface area contributed by atoms with E-state index in [0.717, 1.165) is 25.7 Å². The third-order valence-electron chi connectivity index (χ3n) is 4.04. The van der Waals surface area contributed by atoms with Gasteiger partial charge < -0.3 is 5.73 Å². The maximum atomic E-state index is 13.0. The lowest BCUT2D eigenvalue weighted by atomic mass is 10.2. The van der Waals surface area contributed by atoms with Gasteiger partial charge in [-0.2, -0.15) is 4.31 Å². The van der Waals surface area contributed by atoms with Crippen LogP contribution in [-0.2, 0) is 10.0 Å². The third-order valence-corrected chi connectivity index (χ3v) is 6.54. The maximum absolute atomic E-state index is 13.0. The van der Waals surface area contributed by atoms with Crippen LogP contribution in [0.25, 0.3) is 0 Å². The summed E-state index contributed by atoms with van der Waals surface area (Å²) in [6.45, 7) is 2.44. The van der Waals surface area contributed by atoms with Gasteiger partial charge in [0.1, 0.15) is 0 Å². The SMILES string of the molecule is Cc1c(N)cc(Br)cc1S(=O)(=O)N(CC1CC1)C1CC1. The van der Waals surface area contributed by atoms with Crippen LogP contribution in [0.2, 0.25) is 0 Å². The molecule has 20 heavy (non-hydrogen) atoms. The van der Waals surface area contributed by atoms with Crippen LogP contribution in [0.1, 0.15) is 31.2 Å². The Morgan fingerprint density at radius 2 is 1.95 bits per heavy atom. The second-order valence-electron chi connectivity index (χ2n) is 5.87. The Morgan fingerprint density at radius 1 is 1.30 bits per heavy atom. The number of hydrogen-bond donors (Lipinski definition) is 1. The Bertz CT molecular complexity index is 637. The fraction of sp³-hybridized carbons (Fsp3) is 0.571. The predicted octanol–water partition coefficient (Wildman–Crippen LogP) is 2.90. The zero-order valence-corrected chi connectivity index (χ0v) is 13.9. The third kappa shape index (κ3) is 2.73. The summed E-state index contributed by atoms with van der Waals surface area (Å²) < 4.78 is 28.3. The number of sulfonamides is 1. The monoisotopic (exact) mass is 358 g/mol. The van der Waals surface area contributed by atoms with Crippen molar-refractivity contribution in [1.29, 1.82) is 0 Å². The van der Waals surface area contributed by atoms with Crippen molar-refractivity contribution in [1.82, 2.24) is 4.31 Å². The van der Waals surface area contributed by atoms with E-state index in [1.807, 2.05) is 0 Å². The topological polar surface area (TPSA) is 63.4 Å². The molecule has 2 fully saturated rings. The number of rotatable bonds is 5. The number of anilines is 1. The van der Waals surface area contributed by atoms with E-state index in [4.69, 9.17) is 5.73 Å². The van der Waals surface area contributed by atoms with Crippen LogP contribution in [0.15, 0.2) is 21.5 Å². The van der Waals surface area contributed by atoms with Crippen LogP contribution < -0.4 is 5.73 Å². The van der Waals surface area contributed by atoms with Crippen molar-refractivity contribution in [2.24, 2.45) is 5.92 Å². The molecule has 1 aromatic carbocycles. The number of nitrogens with zero attached hydrogens (tertiary/aromatic N) is 1. The van der Waals surface area contributed by atoms with E-state index in [1.54, 1.807) is 23.4 Å². The normalized spacial score (nSPS) is 19.6. The van der Waals surface area contributed by atoms with E-state index in [1.165, 1.54) is 0 Å². The molecule has 3 rings (SSSR count). The quantitative estimate of drug-likeness (QED) is 0.823. The summed E-state index contributed by atoms with van der Waals surface area (Å²) in [5, 5.41) is 0. The first-order valence-corrected chi connectivity index (χ1v) is 9.20. The zero-order chi connectivity index (χ0) is 14.5. The molecule has 2 N–H and O–H groups in total. The molecule has 0 spiro atoms. The lowest BCUT2D eigenvalue weighted by molar-refractivity contribution is 0.388. The average Bonchev–Trinajstić information content (AvgIpc) is 3.24. The van der Waals surface area contributed by atoms with Crippen LogP contribution in [-0.4, -0.2) is 25.3 Å². The molecule has 2 aliphatic rings. The Hall–Kier alpha value is -0.590. The maximum Gasteiger partial charge on any atom is 0.243 e. The summed E-state index contributed by atoms with van der Waals surface area (Å²) >= 11 is 3.34. The minimum absolute atomic E-state index is 0.195. The van der Waals surface area contributed by atoms with Gasteiger partial charge in [0.15, 0.2) is 0 Å². The summed E-state index contributed by atoms with van der Waals surface area (Å²) in [7, 11) is -3.45. The van der Waals surface area contributed by atoms with Crippen molar-refractivity contribution < 1.29 is 8.42 Å². The van der Waals surface area contributed by atoms with Gasteiger partial charge in [-0.05, 0) is 56.2 Å². The molecule has 0 amide bonds. The van der Waals surface area contributed by atoms with E-state index in [-0.39, 0.29) is 6.04 Å². The summed E-state index contributed by atoms with van der Waals surface area (Å²) in [4.78, 5) is 0.344. The molecule has 0 heterocycles. The van der Waals surface area contributed by atoms with Gasteiger partial charge in [-0.1, -0.05) is 15.9 Å². The van der Waals surface area contributed by atoms with Gasteiger partial charge in [0.05, 0.1) is 4.90 Å². The molecule has 0 aromatic heterocycles. The second kappa shape index (κ2) is 5.00. The van der Waals surface area contributed by atoms with Crippen LogP contribution >= 0.6 is 15.9 Å². The van der Waals surface area contributed by atoms with Crippen LogP contribution in [0, 0.1) is 12.8 Å². The molecule has 0 atom stereocenters. The number of halogens is 1. The highest BCUT2D eigenvalue weighted by Gasteiger charge is 2.41. The van der Waals surface area contributed by atoms with Crippen LogP contribution in [0.5, 0.6) is 0 Å². The number of nitrogen functional groups attached to an aromatic ring is 1. The Balaban J connectivity index is 2.01. The molecule has 6 heteroatoms. The van der Waals surface area contributed by atoms with E-state index >= 15 is 0 Å². The highest BCUT2D eigenvalue weighted by Crippen LogP contribution is 2.39. The fourth-order valence-electron chi connectivity index (χ4n) is 2.43. The van der Waals surface area contributed by atoms with Gasteiger partial charge in [0.2, 0.25) is 10.0 Å². The van der Waals surface area contributed by atoms with Crippen molar-refractivity contribution >= 4 is 31.6 Å². The van der Waals surface area contributed by atoms with Crippen molar-refractivity contribution in [3.05, 3.63) is 22.2 Å². The average molecular weight is 359 g/mol. The predicted molar refractivity (Wildman–Crippen MR) is 82.9 cm³/mol. The van der Waals surface area contributed by atoms with E-state index in [0.29, 0.717) is 33.1 Å². The van der Waals surface area contributed by atoms with Crippen LogP contribution in [0.3, 0.4) is 0 Å². The highest BCUT2D eigenvalue weighted by molar-refractivity contribution is 9.10. The van der Waals surface area contributed by atoms with Gasteiger partial charge in [-0.15, -0.1) is 0 Å². The van der Waals surface area contributed by atoms with Gasteiger partial charge in [-0.3, -0.25) is 0 Å². The van der Waals surface area contributed by atoms with Gasteiger partial charge in [0.25, 0.3) is 0 Å². The molecule has 0 unspecified atom stereocenters. The Morgan fingerprint density at radius 3 is 2.50 bits per heavy atom. The van der Waals surface area contributed by atoms with Crippen LogP contribution in [0.4, 0.5) is 5.69 Å². The molecule has 0 aliphatic heterocycles. The largest absolute Gasteiger partial charge is 0.398 e. The van der Waals surface area contributed by atoms with E-state index in [9.17, 15) is 8.42 Å². The lowest BCUT2D eigenvalue weighted by Crippen LogP contribution is -2.35. The van der Waals surface area contributed by atoms with Gasteiger partial charge >= 0.3 is 0 Å². The first-order chi connectivity index (χ1) is 9.39. The molecule has 1 aromatic rings. The van der Waals surface area contributed by atoms with E-state index in [2.05, 4.69) is 15.9 Å². The first-order valence-electron chi connectivity index (χ1n) is 6.97. The van der Waals surface area contributed by atoms with Crippen molar-refractivity contribution in [3.63, 3.8) is 0 Å². The van der Waals surface area contributed by atoms with Gasteiger partial charge in [-0.25, -0.2) is 8.42 Å². The summed E-state index contributed by atoms with van der Waals surface area (Å²) in [6, 6.07) is 3.61. The number of hydrogen-bond acceptors (Lipinski definition) is 3. The molecule has 110 valence electrons. The minimum Gasteiger partial charge on any atom is -0.398 e. The van der Waals surface area contributed by atoms with Gasteiger partial charge in [0, 0.05) is 22.7 Å². The molecule has 0 bridgehead atoms. The molecule has 2 saturated carbocycles. The second-order valence-corrected chi connectivity index (χ2v) is 8.64. The standard InChI is InChI=1S/C14H19BrN2O2S/c1-9-13(16)6-11(15)7-14(9)20(18,19)17(12-4-5-12)8-10-2-3-10/h6-7,10,12H,2-5,8,16H2,1H3. The molecule has 2 aliphatic carbocycles. The smallest absolute Gasteiger partial charge is 0.243 e. The Kier molecular flexibility index (Phi) is 3.59. The molecule has 0 radical (unpaired) electrons. The first kappa shape index (κ1) is 14.4. The van der Waals surface area contributed by atoms with Crippen molar-refractivity contribution in [2.75, 3.05) is 12.3 Å². The summed E-state index contributed by atoms with van der Waals surface area (Å²) in [5.41, 5.74) is 7.07. The van der Waals surface area contributed by atoms with E-state index < -0.39 is 10.0 Å². The number of nitrogens with two attached hydrogens (primary N) is 1. The van der Waals surface area contributed by atoms with Crippen molar-refractivity contribution in [2.45, 2.75) is 43.5 Å². The zero-order valence-electron chi connectivity index (χ0n) is 11.5. The molecular formula is C14H19BrN2O2S. The minimum atomic E-state index is -3.45. The summed E-state index contributed by atoms with van der Waals surface area (Å²) in [6.07, 6.45) is 4.26. The Labute approximate surface area is 128 Å². The van der Waals surface area contributed by atoms with Crippen molar-refractivity contribution in [3.8, 4) is 0 Å². The molecule has 4 nitrogen and oxygen atoms in total.